The maximum Gasteiger partial charge on any atom is 0.171 e. The van der Waals surface area contributed by atoms with Crippen LogP contribution in [0.25, 0.3) is 11.0 Å². The molecule has 0 saturated heterocycles. The smallest absolute Gasteiger partial charge is 0.171 e. The summed E-state index contributed by atoms with van der Waals surface area (Å²) in [5.41, 5.74) is 1.98. The standard InChI is InChI=1S/C17H12BrFN2O2/c18-15-4-2-12-13(7-20-17(12)21-15)16(22)10-5-9-6-11(19)1-3-14(9)23-8-10/h1-4,6-7,10H,5,8H2,(H,20,21). The Balaban J connectivity index is 1.66. The van der Waals surface area contributed by atoms with E-state index in [1.165, 1.54) is 12.1 Å². The minimum Gasteiger partial charge on any atom is -0.493 e. The van der Waals surface area contributed by atoms with Crippen molar-refractivity contribution in [1.29, 1.82) is 0 Å². The summed E-state index contributed by atoms with van der Waals surface area (Å²) in [4.78, 5) is 20.1. The Kier molecular flexibility index (Phi) is 3.41. The van der Waals surface area contributed by atoms with Crippen LogP contribution in [0.5, 0.6) is 5.75 Å². The molecule has 6 heteroatoms. The number of ether oxygens (including phenoxy) is 1. The zero-order valence-corrected chi connectivity index (χ0v) is 13.6. The van der Waals surface area contributed by atoms with Crippen LogP contribution in [0, 0.1) is 11.7 Å². The summed E-state index contributed by atoms with van der Waals surface area (Å²) in [7, 11) is 0. The minimum absolute atomic E-state index is 0.0183. The Hall–Kier alpha value is -2.21. The number of carbonyl (C=O) groups is 1. The number of nitrogens with one attached hydrogen (secondary N) is 1. The summed E-state index contributed by atoms with van der Waals surface area (Å²) in [6.45, 7) is 0.300. The highest BCUT2D eigenvalue weighted by Crippen LogP contribution is 2.31. The van der Waals surface area contributed by atoms with Gasteiger partial charge in [-0.1, -0.05) is 0 Å². The summed E-state index contributed by atoms with van der Waals surface area (Å²) < 4.78 is 19.7. The van der Waals surface area contributed by atoms with E-state index in [1.807, 2.05) is 6.07 Å². The van der Waals surface area contributed by atoms with Crippen molar-refractivity contribution in [3.63, 3.8) is 0 Å². The van der Waals surface area contributed by atoms with E-state index in [0.717, 1.165) is 10.9 Å². The second-order valence-electron chi connectivity index (χ2n) is 5.56. The SMILES string of the molecule is O=C(c1c[nH]c2nc(Br)ccc12)C1COc2ccc(F)cc2C1. The number of rotatable bonds is 2. The number of hydrogen-bond acceptors (Lipinski definition) is 3. The number of aromatic amines is 1. The fourth-order valence-corrected chi connectivity index (χ4v) is 3.25. The molecule has 1 aliphatic rings. The van der Waals surface area contributed by atoms with Gasteiger partial charge in [-0.05, 0) is 58.2 Å². The first-order valence-corrected chi connectivity index (χ1v) is 8.00. The zero-order chi connectivity index (χ0) is 16.0. The first-order chi connectivity index (χ1) is 11.1. The predicted octanol–water partition coefficient (Wildman–Crippen LogP) is 3.90. The third kappa shape index (κ3) is 2.53. The molecule has 3 aromatic rings. The molecule has 0 aliphatic carbocycles. The molecule has 0 spiro atoms. The summed E-state index contributed by atoms with van der Waals surface area (Å²) in [6, 6.07) is 8.06. The van der Waals surface area contributed by atoms with Crippen molar-refractivity contribution < 1.29 is 13.9 Å². The summed E-state index contributed by atoms with van der Waals surface area (Å²) >= 11 is 3.31. The molecule has 3 heterocycles. The van der Waals surface area contributed by atoms with Crippen LogP contribution in [0.4, 0.5) is 4.39 Å². The van der Waals surface area contributed by atoms with Crippen LogP contribution in [0.1, 0.15) is 15.9 Å². The van der Waals surface area contributed by atoms with E-state index in [4.69, 9.17) is 4.74 Å². The molecule has 116 valence electrons. The molecule has 1 aromatic carbocycles. The quantitative estimate of drug-likeness (QED) is 0.546. The Morgan fingerprint density at radius 3 is 3.09 bits per heavy atom. The molecule has 1 unspecified atom stereocenters. The van der Waals surface area contributed by atoms with Gasteiger partial charge in [-0.25, -0.2) is 9.37 Å². The second-order valence-corrected chi connectivity index (χ2v) is 6.37. The van der Waals surface area contributed by atoms with Crippen LogP contribution >= 0.6 is 15.9 Å². The van der Waals surface area contributed by atoms with E-state index >= 15 is 0 Å². The molecule has 4 nitrogen and oxygen atoms in total. The zero-order valence-electron chi connectivity index (χ0n) is 12.0. The van der Waals surface area contributed by atoms with Crippen molar-refractivity contribution in [2.45, 2.75) is 6.42 Å². The number of H-pyrrole nitrogens is 1. The minimum atomic E-state index is -0.327. The van der Waals surface area contributed by atoms with Gasteiger partial charge < -0.3 is 9.72 Å². The molecule has 1 aliphatic heterocycles. The highest BCUT2D eigenvalue weighted by Gasteiger charge is 2.28. The molecule has 0 bridgehead atoms. The monoisotopic (exact) mass is 374 g/mol. The van der Waals surface area contributed by atoms with E-state index in [2.05, 4.69) is 25.9 Å². The number of hydrogen-bond donors (Lipinski definition) is 1. The van der Waals surface area contributed by atoms with Gasteiger partial charge in [0.05, 0.1) is 12.5 Å². The Morgan fingerprint density at radius 2 is 2.22 bits per heavy atom. The number of nitrogens with zero attached hydrogens (tertiary/aromatic N) is 1. The lowest BCUT2D eigenvalue weighted by molar-refractivity contribution is 0.0856. The molecule has 0 saturated carbocycles. The van der Waals surface area contributed by atoms with Crippen LogP contribution in [0.15, 0.2) is 41.1 Å². The molecule has 0 radical (unpaired) electrons. The van der Waals surface area contributed by atoms with Crippen molar-refractivity contribution in [3.8, 4) is 5.75 Å². The lowest BCUT2D eigenvalue weighted by atomic mass is 9.90. The fraction of sp³-hybridized carbons (Fsp3) is 0.176. The Morgan fingerprint density at radius 1 is 1.35 bits per heavy atom. The van der Waals surface area contributed by atoms with E-state index < -0.39 is 0 Å². The summed E-state index contributed by atoms with van der Waals surface area (Å²) in [6.07, 6.45) is 2.15. The number of carbonyl (C=O) groups excluding carboxylic acids is 1. The van der Waals surface area contributed by atoms with E-state index in [-0.39, 0.29) is 17.5 Å². The molecular weight excluding hydrogens is 363 g/mol. The van der Waals surface area contributed by atoms with Crippen molar-refractivity contribution in [3.05, 3.63) is 58.1 Å². The van der Waals surface area contributed by atoms with Crippen molar-refractivity contribution in [2.75, 3.05) is 6.61 Å². The third-order valence-electron chi connectivity index (χ3n) is 4.07. The van der Waals surface area contributed by atoms with Gasteiger partial charge in [0, 0.05) is 17.1 Å². The fourth-order valence-electron chi connectivity index (χ4n) is 2.94. The second kappa shape index (κ2) is 5.45. The van der Waals surface area contributed by atoms with Gasteiger partial charge >= 0.3 is 0 Å². The maximum atomic E-state index is 13.4. The topological polar surface area (TPSA) is 55.0 Å². The molecule has 2 aromatic heterocycles. The van der Waals surface area contributed by atoms with Crippen LogP contribution in [-0.4, -0.2) is 22.4 Å². The van der Waals surface area contributed by atoms with Crippen molar-refractivity contribution >= 4 is 32.7 Å². The first-order valence-electron chi connectivity index (χ1n) is 7.21. The number of benzene rings is 1. The lowest BCUT2D eigenvalue weighted by Gasteiger charge is -2.24. The Labute approximate surface area is 139 Å². The van der Waals surface area contributed by atoms with Gasteiger partial charge in [0.25, 0.3) is 0 Å². The summed E-state index contributed by atoms with van der Waals surface area (Å²) in [5.74, 6) is -0.0104. The van der Waals surface area contributed by atoms with Gasteiger partial charge in [-0.3, -0.25) is 4.79 Å². The highest BCUT2D eigenvalue weighted by molar-refractivity contribution is 9.10. The van der Waals surface area contributed by atoms with E-state index in [9.17, 15) is 9.18 Å². The van der Waals surface area contributed by atoms with Gasteiger partial charge in [0.1, 0.15) is 21.8 Å². The number of fused-ring (bicyclic) bond motifs is 2. The van der Waals surface area contributed by atoms with Crippen LogP contribution in [0.3, 0.4) is 0 Å². The molecular formula is C17H12BrFN2O2. The van der Waals surface area contributed by atoms with Gasteiger partial charge in [-0.15, -0.1) is 0 Å². The number of ketones is 1. The number of pyridine rings is 1. The number of halogens is 2. The van der Waals surface area contributed by atoms with E-state index in [1.54, 1.807) is 18.3 Å². The first kappa shape index (κ1) is 14.4. The highest BCUT2D eigenvalue weighted by atomic mass is 79.9. The average molecular weight is 375 g/mol. The van der Waals surface area contributed by atoms with Gasteiger partial charge in [0.2, 0.25) is 0 Å². The molecule has 1 atom stereocenters. The van der Waals surface area contributed by atoms with Gasteiger partial charge in [0.15, 0.2) is 5.78 Å². The van der Waals surface area contributed by atoms with Crippen molar-refractivity contribution in [1.82, 2.24) is 9.97 Å². The predicted molar refractivity (Wildman–Crippen MR) is 87.2 cm³/mol. The molecule has 0 fully saturated rings. The molecule has 23 heavy (non-hydrogen) atoms. The van der Waals surface area contributed by atoms with Crippen LogP contribution < -0.4 is 4.74 Å². The maximum absolute atomic E-state index is 13.4. The number of aromatic nitrogens is 2. The lowest BCUT2D eigenvalue weighted by Crippen LogP contribution is -2.28. The largest absolute Gasteiger partial charge is 0.493 e. The molecule has 1 N–H and O–H groups in total. The molecule has 4 rings (SSSR count). The van der Waals surface area contributed by atoms with Crippen LogP contribution in [0.2, 0.25) is 0 Å². The van der Waals surface area contributed by atoms with Crippen molar-refractivity contribution in [2.24, 2.45) is 5.92 Å². The Bertz CT molecular complexity index is 922. The van der Waals surface area contributed by atoms with Gasteiger partial charge in [-0.2, -0.15) is 0 Å². The number of Topliss-reactive ketones (excluding diaryl/α,β-unsaturated/α-hetero) is 1. The van der Waals surface area contributed by atoms with Crippen LogP contribution in [-0.2, 0) is 6.42 Å². The average Bonchev–Trinajstić information content (AvgIpc) is 2.96. The normalized spacial score (nSPS) is 16.9. The van der Waals surface area contributed by atoms with E-state index in [0.29, 0.717) is 34.6 Å². The third-order valence-corrected chi connectivity index (χ3v) is 4.51. The molecule has 0 amide bonds. The summed E-state index contributed by atoms with van der Waals surface area (Å²) in [5, 5.41) is 0.781.